The van der Waals surface area contributed by atoms with Crippen LogP contribution in [-0.4, -0.2) is 31.2 Å². The summed E-state index contributed by atoms with van der Waals surface area (Å²) < 4.78 is 5.21. The fourth-order valence-electron chi connectivity index (χ4n) is 0.836. The van der Waals surface area contributed by atoms with Gasteiger partial charge in [-0.15, -0.1) is 11.6 Å². The van der Waals surface area contributed by atoms with Crippen molar-refractivity contribution in [3.05, 3.63) is 0 Å². The lowest BCUT2D eigenvalue weighted by molar-refractivity contribution is 0.142. The van der Waals surface area contributed by atoms with Crippen LogP contribution in [0.25, 0.3) is 0 Å². The van der Waals surface area contributed by atoms with Crippen molar-refractivity contribution in [3.63, 3.8) is 0 Å². The lowest BCUT2D eigenvalue weighted by Crippen LogP contribution is -2.45. The van der Waals surface area contributed by atoms with Gasteiger partial charge in [-0.05, 0) is 20.3 Å². The van der Waals surface area contributed by atoms with Crippen LogP contribution < -0.4 is 5.32 Å². The van der Waals surface area contributed by atoms with E-state index in [2.05, 4.69) is 19.2 Å². The summed E-state index contributed by atoms with van der Waals surface area (Å²) in [6.45, 7) is 8.70. The van der Waals surface area contributed by atoms with E-state index >= 15 is 0 Å². The van der Waals surface area contributed by atoms with Gasteiger partial charge in [0.25, 0.3) is 0 Å². The molecule has 0 aromatic heterocycles. The molecule has 3 heteroatoms. The second-order valence-electron chi connectivity index (χ2n) is 3.17. The van der Waals surface area contributed by atoms with E-state index in [-0.39, 0.29) is 5.54 Å². The molecule has 0 aromatic rings. The normalized spacial score (nSPS) is 16.0. The molecule has 12 heavy (non-hydrogen) atoms. The van der Waals surface area contributed by atoms with Crippen molar-refractivity contribution >= 4 is 11.6 Å². The largest absolute Gasteiger partial charge is 0.380 e. The Bertz CT molecular complexity index is 105. The molecule has 0 spiro atoms. The van der Waals surface area contributed by atoms with E-state index in [1.165, 1.54) is 0 Å². The van der Waals surface area contributed by atoms with Gasteiger partial charge in [-0.2, -0.15) is 0 Å². The van der Waals surface area contributed by atoms with Gasteiger partial charge in [0.05, 0.1) is 6.61 Å². The first-order chi connectivity index (χ1) is 5.68. The molecular formula is C9H20ClNO. The summed E-state index contributed by atoms with van der Waals surface area (Å²) in [4.78, 5) is 0. The molecule has 0 aliphatic rings. The van der Waals surface area contributed by atoms with Crippen LogP contribution in [0.5, 0.6) is 0 Å². The number of halogens is 1. The van der Waals surface area contributed by atoms with Gasteiger partial charge in [-0.25, -0.2) is 0 Å². The SMILES string of the molecule is CCOCCNC(C)(CC)CCl. The zero-order valence-corrected chi connectivity index (χ0v) is 9.08. The molecule has 0 rings (SSSR count). The van der Waals surface area contributed by atoms with Crippen molar-refractivity contribution < 1.29 is 4.74 Å². The Morgan fingerprint density at radius 1 is 1.42 bits per heavy atom. The predicted molar refractivity (Wildman–Crippen MR) is 53.9 cm³/mol. The minimum absolute atomic E-state index is 0.0681. The van der Waals surface area contributed by atoms with E-state index in [9.17, 15) is 0 Å². The second kappa shape index (κ2) is 6.70. The average molecular weight is 194 g/mol. The summed E-state index contributed by atoms with van der Waals surface area (Å²) in [6.07, 6.45) is 1.04. The Morgan fingerprint density at radius 2 is 2.08 bits per heavy atom. The van der Waals surface area contributed by atoms with E-state index in [1.54, 1.807) is 0 Å². The van der Waals surface area contributed by atoms with Crippen molar-refractivity contribution in [1.82, 2.24) is 5.32 Å². The van der Waals surface area contributed by atoms with Gasteiger partial charge in [-0.3, -0.25) is 0 Å². The molecule has 2 nitrogen and oxygen atoms in total. The van der Waals surface area contributed by atoms with E-state index < -0.39 is 0 Å². The van der Waals surface area contributed by atoms with Crippen molar-refractivity contribution in [3.8, 4) is 0 Å². The fraction of sp³-hybridized carbons (Fsp3) is 1.00. The van der Waals surface area contributed by atoms with Crippen LogP contribution >= 0.6 is 11.6 Å². The first-order valence-electron chi connectivity index (χ1n) is 4.57. The molecule has 0 saturated heterocycles. The van der Waals surface area contributed by atoms with Crippen LogP contribution in [0.3, 0.4) is 0 Å². The molecule has 1 N–H and O–H groups in total. The molecule has 74 valence electrons. The molecule has 0 fully saturated rings. The highest BCUT2D eigenvalue weighted by Crippen LogP contribution is 2.10. The zero-order valence-electron chi connectivity index (χ0n) is 8.32. The average Bonchev–Trinajstić information content (AvgIpc) is 2.12. The van der Waals surface area contributed by atoms with Crippen LogP contribution in [0.15, 0.2) is 0 Å². The van der Waals surface area contributed by atoms with Crippen LogP contribution in [-0.2, 0) is 4.74 Å². The highest BCUT2D eigenvalue weighted by Gasteiger charge is 2.18. The summed E-state index contributed by atoms with van der Waals surface area (Å²) in [5.74, 6) is 0.648. The van der Waals surface area contributed by atoms with Gasteiger partial charge in [-0.1, -0.05) is 6.92 Å². The van der Waals surface area contributed by atoms with Gasteiger partial charge in [0.1, 0.15) is 0 Å². The smallest absolute Gasteiger partial charge is 0.0590 e. The maximum atomic E-state index is 5.82. The molecule has 0 aliphatic heterocycles. The number of nitrogens with one attached hydrogen (secondary N) is 1. The molecule has 0 aliphatic carbocycles. The number of rotatable bonds is 7. The van der Waals surface area contributed by atoms with Gasteiger partial charge in [0.15, 0.2) is 0 Å². The molecule has 0 bridgehead atoms. The van der Waals surface area contributed by atoms with E-state index in [4.69, 9.17) is 16.3 Å². The van der Waals surface area contributed by atoms with E-state index in [1.807, 2.05) is 6.92 Å². The van der Waals surface area contributed by atoms with Gasteiger partial charge < -0.3 is 10.1 Å². The first kappa shape index (κ1) is 12.2. The van der Waals surface area contributed by atoms with Crippen LogP contribution in [0.4, 0.5) is 0 Å². The maximum absolute atomic E-state index is 5.82. The summed E-state index contributed by atoms with van der Waals surface area (Å²) in [7, 11) is 0. The van der Waals surface area contributed by atoms with Crippen LogP contribution in [0.1, 0.15) is 27.2 Å². The lowest BCUT2D eigenvalue weighted by atomic mass is 10.0. The predicted octanol–water partition coefficient (Wildman–Crippen LogP) is 2.02. The standard InChI is InChI=1S/C9H20ClNO/c1-4-9(3,8-10)11-6-7-12-5-2/h11H,4-8H2,1-3H3. The van der Waals surface area contributed by atoms with Gasteiger partial charge in [0, 0.05) is 24.6 Å². The monoisotopic (exact) mass is 193 g/mol. The highest BCUT2D eigenvalue weighted by molar-refractivity contribution is 6.18. The second-order valence-corrected chi connectivity index (χ2v) is 3.44. The molecule has 0 radical (unpaired) electrons. The topological polar surface area (TPSA) is 21.3 Å². The molecule has 0 heterocycles. The summed E-state index contributed by atoms with van der Waals surface area (Å²) in [5.41, 5.74) is 0.0681. The van der Waals surface area contributed by atoms with Crippen molar-refractivity contribution in [1.29, 1.82) is 0 Å². The Kier molecular flexibility index (Phi) is 6.81. The Balaban J connectivity index is 3.45. The summed E-state index contributed by atoms with van der Waals surface area (Å²) in [5, 5.41) is 3.37. The van der Waals surface area contributed by atoms with Crippen molar-refractivity contribution in [2.75, 3.05) is 25.6 Å². The minimum Gasteiger partial charge on any atom is -0.380 e. The number of hydrogen-bond donors (Lipinski definition) is 1. The van der Waals surface area contributed by atoms with Crippen molar-refractivity contribution in [2.24, 2.45) is 0 Å². The molecule has 0 amide bonds. The van der Waals surface area contributed by atoms with Gasteiger partial charge in [0.2, 0.25) is 0 Å². The fourth-order valence-corrected chi connectivity index (χ4v) is 1.12. The Labute approximate surface area is 80.6 Å². The number of hydrogen-bond acceptors (Lipinski definition) is 2. The van der Waals surface area contributed by atoms with Crippen molar-refractivity contribution in [2.45, 2.75) is 32.7 Å². The minimum atomic E-state index is 0.0681. The summed E-state index contributed by atoms with van der Waals surface area (Å²) >= 11 is 5.82. The third-order valence-corrected chi connectivity index (χ3v) is 2.67. The summed E-state index contributed by atoms with van der Waals surface area (Å²) in [6, 6.07) is 0. The first-order valence-corrected chi connectivity index (χ1v) is 5.10. The molecule has 0 saturated carbocycles. The highest BCUT2D eigenvalue weighted by atomic mass is 35.5. The quantitative estimate of drug-likeness (QED) is 0.494. The molecular weight excluding hydrogens is 174 g/mol. The van der Waals surface area contributed by atoms with Gasteiger partial charge >= 0.3 is 0 Å². The van der Waals surface area contributed by atoms with Crippen LogP contribution in [0.2, 0.25) is 0 Å². The Hall–Kier alpha value is 0.210. The third kappa shape index (κ3) is 4.96. The van der Waals surface area contributed by atoms with E-state index in [0.29, 0.717) is 5.88 Å². The molecule has 1 unspecified atom stereocenters. The number of ether oxygens (including phenoxy) is 1. The third-order valence-electron chi connectivity index (χ3n) is 2.08. The lowest BCUT2D eigenvalue weighted by Gasteiger charge is -2.27. The molecule has 0 aromatic carbocycles. The maximum Gasteiger partial charge on any atom is 0.0590 e. The van der Waals surface area contributed by atoms with E-state index in [0.717, 1.165) is 26.2 Å². The Morgan fingerprint density at radius 3 is 2.50 bits per heavy atom. The van der Waals surface area contributed by atoms with Crippen LogP contribution in [0, 0.1) is 0 Å². The molecule has 1 atom stereocenters. The number of alkyl halides is 1. The zero-order chi connectivity index (χ0) is 9.45.